The Labute approximate surface area is 236 Å². The van der Waals surface area contributed by atoms with Gasteiger partial charge in [0, 0.05) is 68.6 Å². The lowest BCUT2D eigenvalue weighted by molar-refractivity contribution is 0.0904. The van der Waals surface area contributed by atoms with Gasteiger partial charge in [-0.15, -0.1) is 0 Å². The molecule has 0 aliphatic carbocycles. The number of amides is 1. The van der Waals surface area contributed by atoms with Gasteiger partial charge in [-0.05, 0) is 62.4 Å². The van der Waals surface area contributed by atoms with Crippen molar-refractivity contribution >= 4 is 45.6 Å². The minimum Gasteiger partial charge on any atom is -0.381 e. The lowest BCUT2D eigenvalue weighted by Crippen LogP contribution is -2.44. The van der Waals surface area contributed by atoms with Crippen molar-refractivity contribution in [1.29, 1.82) is 0 Å². The Morgan fingerprint density at radius 1 is 1.00 bits per heavy atom. The predicted octanol–water partition coefficient (Wildman–Crippen LogP) is 4.57. The monoisotopic (exact) mass is 562 g/mol. The molecule has 214 valence electrons. The van der Waals surface area contributed by atoms with E-state index in [4.69, 9.17) is 4.74 Å². The third-order valence-electron chi connectivity index (χ3n) is 7.49. The van der Waals surface area contributed by atoms with E-state index < -0.39 is 11.6 Å². The number of likely N-dealkylation sites (N-methyl/N-ethyl adjacent to an activating group) is 1. The molecular weight excluding hydrogens is 530 g/mol. The molecule has 0 saturated carbocycles. The number of carbonyl (C=O) groups is 1. The number of anilines is 5. The quantitative estimate of drug-likeness (QED) is 0.259. The van der Waals surface area contributed by atoms with E-state index >= 15 is 0 Å². The average Bonchev–Trinajstić information content (AvgIpc) is 3.35. The van der Waals surface area contributed by atoms with E-state index in [2.05, 4.69) is 54.0 Å². The molecular formula is C29H32F2N8O2. The summed E-state index contributed by atoms with van der Waals surface area (Å²) in [5, 5.41) is 17.1. The van der Waals surface area contributed by atoms with Gasteiger partial charge in [-0.1, -0.05) is 0 Å². The van der Waals surface area contributed by atoms with Gasteiger partial charge in [0.05, 0.1) is 10.9 Å². The van der Waals surface area contributed by atoms with Gasteiger partial charge >= 0.3 is 0 Å². The number of piperazine rings is 1. The molecule has 41 heavy (non-hydrogen) atoms. The maximum Gasteiger partial charge on any atom is 0.258 e. The highest BCUT2D eigenvalue weighted by Gasteiger charge is 2.22. The molecule has 2 saturated heterocycles. The zero-order chi connectivity index (χ0) is 28.3. The molecule has 4 aromatic rings. The van der Waals surface area contributed by atoms with Crippen LogP contribution < -0.4 is 20.9 Å². The van der Waals surface area contributed by atoms with E-state index in [0.717, 1.165) is 56.5 Å². The number of carbonyl (C=O) groups excluding carboxylic acids is 1. The molecule has 6 rings (SSSR count). The van der Waals surface area contributed by atoms with Crippen LogP contribution in [0.3, 0.4) is 0 Å². The number of halogens is 2. The molecule has 4 heterocycles. The number of aromatic amines is 1. The molecule has 2 aromatic heterocycles. The van der Waals surface area contributed by atoms with Crippen LogP contribution in [0.2, 0.25) is 0 Å². The minimum absolute atomic E-state index is 0.214. The van der Waals surface area contributed by atoms with Gasteiger partial charge in [-0.25, -0.2) is 13.8 Å². The second kappa shape index (κ2) is 11.7. The summed E-state index contributed by atoms with van der Waals surface area (Å²) in [7, 11) is 2.13. The Morgan fingerprint density at radius 2 is 1.76 bits per heavy atom. The summed E-state index contributed by atoms with van der Waals surface area (Å²) in [6, 6.07) is 12.7. The highest BCUT2D eigenvalue weighted by atomic mass is 19.1. The van der Waals surface area contributed by atoms with E-state index in [9.17, 15) is 13.6 Å². The first-order valence-corrected chi connectivity index (χ1v) is 13.7. The second-order valence-corrected chi connectivity index (χ2v) is 10.5. The smallest absolute Gasteiger partial charge is 0.258 e. The summed E-state index contributed by atoms with van der Waals surface area (Å²) in [5.74, 6) is -0.979. The fraction of sp³-hybridized carbons (Fsp3) is 0.345. The minimum atomic E-state index is -0.692. The highest BCUT2D eigenvalue weighted by Crippen LogP contribution is 2.29. The maximum absolute atomic E-state index is 13.6. The van der Waals surface area contributed by atoms with Crippen LogP contribution >= 0.6 is 0 Å². The summed E-state index contributed by atoms with van der Waals surface area (Å²) in [6.45, 7) is 5.21. The van der Waals surface area contributed by atoms with Crippen molar-refractivity contribution in [3.8, 4) is 0 Å². The number of nitrogens with one attached hydrogen (secondary N) is 4. The molecule has 0 atom stereocenters. The normalized spacial score (nSPS) is 16.6. The van der Waals surface area contributed by atoms with Gasteiger partial charge in [-0.2, -0.15) is 5.10 Å². The van der Waals surface area contributed by atoms with Crippen LogP contribution in [0.4, 0.5) is 37.5 Å². The van der Waals surface area contributed by atoms with Crippen molar-refractivity contribution in [2.24, 2.45) is 0 Å². The molecule has 4 N–H and O–H groups in total. The molecule has 10 nitrogen and oxygen atoms in total. The predicted molar refractivity (Wildman–Crippen MR) is 155 cm³/mol. The Balaban J connectivity index is 1.22. The van der Waals surface area contributed by atoms with Crippen molar-refractivity contribution in [3.05, 3.63) is 65.7 Å². The third kappa shape index (κ3) is 6.23. The number of ether oxygens (including phenoxy) is 1. The first-order chi connectivity index (χ1) is 19.9. The van der Waals surface area contributed by atoms with Gasteiger partial charge in [0.25, 0.3) is 5.91 Å². The molecule has 12 heteroatoms. The lowest BCUT2D eigenvalue weighted by atomic mass is 10.1. The van der Waals surface area contributed by atoms with Crippen molar-refractivity contribution in [2.45, 2.75) is 18.9 Å². The molecule has 0 bridgehead atoms. The third-order valence-corrected chi connectivity index (χ3v) is 7.49. The molecule has 2 fully saturated rings. The molecule has 1 amide bonds. The number of pyridine rings is 1. The van der Waals surface area contributed by atoms with E-state index in [-0.39, 0.29) is 17.6 Å². The largest absolute Gasteiger partial charge is 0.381 e. The molecule has 0 unspecified atom stereocenters. The number of fused-ring (bicyclic) bond motifs is 1. The second-order valence-electron chi connectivity index (χ2n) is 10.5. The Morgan fingerprint density at radius 3 is 2.51 bits per heavy atom. The summed E-state index contributed by atoms with van der Waals surface area (Å²) >= 11 is 0. The number of nitrogens with zero attached hydrogens (tertiary/aromatic N) is 4. The van der Waals surface area contributed by atoms with Crippen LogP contribution in [-0.2, 0) is 4.74 Å². The summed E-state index contributed by atoms with van der Waals surface area (Å²) in [6.07, 6.45) is 1.74. The number of rotatable bonds is 7. The summed E-state index contributed by atoms with van der Waals surface area (Å²) in [4.78, 5) is 22.7. The van der Waals surface area contributed by atoms with Gasteiger partial charge in [0.1, 0.15) is 17.5 Å². The summed E-state index contributed by atoms with van der Waals surface area (Å²) < 4.78 is 32.7. The number of H-pyrrole nitrogens is 1. The van der Waals surface area contributed by atoms with Crippen LogP contribution in [0.1, 0.15) is 23.2 Å². The molecule has 0 spiro atoms. The molecule has 2 aliphatic rings. The topological polar surface area (TPSA) is 110 Å². The molecule has 2 aromatic carbocycles. The molecule has 0 radical (unpaired) electrons. The zero-order valence-corrected chi connectivity index (χ0v) is 22.7. The maximum atomic E-state index is 13.6. The van der Waals surface area contributed by atoms with E-state index in [0.29, 0.717) is 41.4 Å². The van der Waals surface area contributed by atoms with Crippen LogP contribution in [0.25, 0.3) is 11.0 Å². The first kappa shape index (κ1) is 26.9. The van der Waals surface area contributed by atoms with Crippen molar-refractivity contribution < 1.29 is 18.3 Å². The Hall–Kier alpha value is -4.29. The SMILES string of the molecule is CN1CCN(c2ccc(C(=O)Nc3n[nH]c4nc(Nc5cc(F)cc(F)c5)ccc34)c(NC3CCOCC3)c2)CC1. The van der Waals surface area contributed by atoms with Gasteiger partial charge < -0.3 is 30.5 Å². The number of hydrogen-bond acceptors (Lipinski definition) is 8. The van der Waals surface area contributed by atoms with Crippen LogP contribution in [0.5, 0.6) is 0 Å². The average molecular weight is 563 g/mol. The highest BCUT2D eigenvalue weighted by molar-refractivity contribution is 6.10. The van der Waals surface area contributed by atoms with E-state index in [1.165, 1.54) is 12.1 Å². The van der Waals surface area contributed by atoms with Crippen LogP contribution in [-0.4, -0.2) is 78.5 Å². The Bertz CT molecular complexity index is 1530. The van der Waals surface area contributed by atoms with Crippen molar-refractivity contribution in [1.82, 2.24) is 20.1 Å². The Kier molecular flexibility index (Phi) is 7.66. The number of hydrogen-bond donors (Lipinski definition) is 4. The summed E-state index contributed by atoms with van der Waals surface area (Å²) in [5.41, 5.74) is 3.01. The lowest BCUT2D eigenvalue weighted by Gasteiger charge is -2.34. The van der Waals surface area contributed by atoms with Crippen molar-refractivity contribution in [3.63, 3.8) is 0 Å². The van der Waals surface area contributed by atoms with E-state index in [1.54, 1.807) is 12.1 Å². The molecule has 2 aliphatic heterocycles. The van der Waals surface area contributed by atoms with Gasteiger partial charge in [-0.3, -0.25) is 9.89 Å². The van der Waals surface area contributed by atoms with Crippen LogP contribution in [0.15, 0.2) is 48.5 Å². The van der Waals surface area contributed by atoms with Gasteiger partial charge in [0.15, 0.2) is 11.5 Å². The fourth-order valence-electron chi connectivity index (χ4n) is 5.19. The number of aromatic nitrogens is 3. The first-order valence-electron chi connectivity index (χ1n) is 13.7. The zero-order valence-electron chi connectivity index (χ0n) is 22.7. The standard InChI is InChI=1S/C29H32F2N8O2/c1-38-8-10-39(11-9-38)22-2-3-23(25(17-22)32-20-6-12-41-13-7-20)29(40)35-28-24-4-5-26(34-27(24)36-37-28)33-21-15-18(30)14-19(31)16-21/h2-5,14-17,20,32H,6-13H2,1H3,(H3,33,34,35,36,37,40). The van der Waals surface area contributed by atoms with Gasteiger partial charge in [0.2, 0.25) is 0 Å². The fourth-order valence-corrected chi connectivity index (χ4v) is 5.19. The van der Waals surface area contributed by atoms with Crippen molar-refractivity contribution in [2.75, 3.05) is 67.3 Å². The number of benzene rings is 2. The van der Waals surface area contributed by atoms with Crippen LogP contribution in [0, 0.1) is 11.6 Å². The van der Waals surface area contributed by atoms with E-state index in [1.807, 2.05) is 12.1 Å².